The standard InChI is InChI=1S/C14H18F2O3/c1-4-9(2)13(14(17)18-3)19-8-10-6-5-7-11(15)12(10)16/h5-7,9,13H,4,8H2,1-3H3. The molecule has 0 aromatic heterocycles. The Hall–Kier alpha value is -1.49. The molecule has 1 rings (SSSR count). The van der Waals surface area contributed by atoms with Crippen LogP contribution >= 0.6 is 0 Å². The van der Waals surface area contributed by atoms with E-state index in [1.807, 2.05) is 13.8 Å². The minimum Gasteiger partial charge on any atom is -0.467 e. The zero-order valence-corrected chi connectivity index (χ0v) is 11.3. The molecule has 0 aliphatic carbocycles. The number of carbonyl (C=O) groups excluding carboxylic acids is 1. The van der Waals surface area contributed by atoms with Crippen molar-refractivity contribution in [3.63, 3.8) is 0 Å². The summed E-state index contributed by atoms with van der Waals surface area (Å²) in [6.45, 7) is 3.57. The fourth-order valence-electron chi connectivity index (χ4n) is 1.63. The number of esters is 1. The first-order chi connectivity index (χ1) is 9.01. The topological polar surface area (TPSA) is 35.5 Å². The van der Waals surface area contributed by atoms with Crippen LogP contribution in [-0.2, 0) is 20.9 Å². The molecule has 0 amide bonds. The third-order valence-electron chi connectivity index (χ3n) is 3.04. The lowest BCUT2D eigenvalue weighted by Crippen LogP contribution is -2.32. The Balaban J connectivity index is 2.76. The Morgan fingerprint density at radius 2 is 2.05 bits per heavy atom. The fraction of sp³-hybridized carbons (Fsp3) is 0.500. The highest BCUT2D eigenvalue weighted by Crippen LogP contribution is 2.18. The molecular weight excluding hydrogens is 254 g/mol. The van der Waals surface area contributed by atoms with Gasteiger partial charge in [0.15, 0.2) is 17.7 Å². The highest BCUT2D eigenvalue weighted by molar-refractivity contribution is 5.74. The molecule has 19 heavy (non-hydrogen) atoms. The Kier molecular flexibility index (Phi) is 5.89. The zero-order chi connectivity index (χ0) is 14.4. The van der Waals surface area contributed by atoms with Crippen LogP contribution < -0.4 is 0 Å². The SMILES string of the molecule is CCC(C)C(OCc1cccc(F)c1F)C(=O)OC. The molecule has 0 radical (unpaired) electrons. The lowest BCUT2D eigenvalue weighted by atomic mass is 10.0. The third-order valence-corrected chi connectivity index (χ3v) is 3.04. The van der Waals surface area contributed by atoms with Crippen molar-refractivity contribution in [1.29, 1.82) is 0 Å². The van der Waals surface area contributed by atoms with Gasteiger partial charge in [0, 0.05) is 5.56 Å². The summed E-state index contributed by atoms with van der Waals surface area (Å²) in [6, 6.07) is 3.85. The number of rotatable bonds is 6. The molecule has 1 aromatic carbocycles. The first-order valence-corrected chi connectivity index (χ1v) is 6.13. The second-order valence-electron chi connectivity index (χ2n) is 4.35. The first-order valence-electron chi connectivity index (χ1n) is 6.13. The minimum atomic E-state index is -0.949. The van der Waals surface area contributed by atoms with Gasteiger partial charge in [-0.15, -0.1) is 0 Å². The van der Waals surface area contributed by atoms with Crippen molar-refractivity contribution >= 4 is 5.97 Å². The van der Waals surface area contributed by atoms with E-state index in [0.717, 1.165) is 6.07 Å². The number of ether oxygens (including phenoxy) is 2. The summed E-state index contributed by atoms with van der Waals surface area (Å²) in [5.41, 5.74) is 0.0807. The Bertz CT molecular complexity index is 435. The molecule has 0 saturated carbocycles. The van der Waals surface area contributed by atoms with E-state index in [-0.39, 0.29) is 18.1 Å². The molecule has 0 N–H and O–H groups in total. The maximum atomic E-state index is 13.4. The van der Waals surface area contributed by atoms with Gasteiger partial charge in [-0.05, 0) is 12.0 Å². The Morgan fingerprint density at radius 3 is 2.63 bits per heavy atom. The average Bonchev–Trinajstić information content (AvgIpc) is 2.42. The van der Waals surface area contributed by atoms with Crippen molar-refractivity contribution in [2.24, 2.45) is 5.92 Å². The van der Waals surface area contributed by atoms with E-state index in [1.54, 1.807) is 0 Å². The number of methoxy groups -OCH3 is 1. The average molecular weight is 272 g/mol. The molecule has 0 fully saturated rings. The largest absolute Gasteiger partial charge is 0.467 e. The van der Waals surface area contributed by atoms with Gasteiger partial charge in [-0.1, -0.05) is 32.4 Å². The van der Waals surface area contributed by atoms with Crippen LogP contribution in [-0.4, -0.2) is 19.2 Å². The number of carbonyl (C=O) groups is 1. The van der Waals surface area contributed by atoms with Crippen LogP contribution in [0.1, 0.15) is 25.8 Å². The summed E-state index contributed by atoms with van der Waals surface area (Å²) in [6.07, 6.45) is -0.0662. The van der Waals surface area contributed by atoms with Crippen molar-refractivity contribution < 1.29 is 23.0 Å². The highest BCUT2D eigenvalue weighted by Gasteiger charge is 2.26. The first kappa shape index (κ1) is 15.6. The van der Waals surface area contributed by atoms with Crippen LogP contribution in [0.5, 0.6) is 0 Å². The van der Waals surface area contributed by atoms with Crippen molar-refractivity contribution in [2.75, 3.05) is 7.11 Å². The molecule has 2 atom stereocenters. The van der Waals surface area contributed by atoms with E-state index in [4.69, 9.17) is 4.74 Å². The molecule has 3 nitrogen and oxygen atoms in total. The van der Waals surface area contributed by atoms with Crippen molar-refractivity contribution in [3.8, 4) is 0 Å². The van der Waals surface area contributed by atoms with Crippen LogP contribution in [0.3, 0.4) is 0 Å². The van der Waals surface area contributed by atoms with Crippen LogP contribution in [0.4, 0.5) is 8.78 Å². The van der Waals surface area contributed by atoms with E-state index in [0.29, 0.717) is 6.42 Å². The predicted octanol–water partition coefficient (Wildman–Crippen LogP) is 3.07. The number of halogens is 2. The van der Waals surface area contributed by atoms with E-state index < -0.39 is 23.7 Å². The lowest BCUT2D eigenvalue weighted by Gasteiger charge is -2.21. The van der Waals surface area contributed by atoms with Gasteiger partial charge in [-0.3, -0.25) is 0 Å². The maximum absolute atomic E-state index is 13.4. The van der Waals surface area contributed by atoms with Crippen molar-refractivity contribution in [1.82, 2.24) is 0 Å². The fourth-order valence-corrected chi connectivity index (χ4v) is 1.63. The van der Waals surface area contributed by atoms with E-state index >= 15 is 0 Å². The van der Waals surface area contributed by atoms with Gasteiger partial charge < -0.3 is 9.47 Å². The van der Waals surface area contributed by atoms with Gasteiger partial charge in [0.05, 0.1) is 13.7 Å². The monoisotopic (exact) mass is 272 g/mol. The molecule has 2 unspecified atom stereocenters. The molecule has 5 heteroatoms. The third kappa shape index (κ3) is 3.99. The second kappa shape index (κ2) is 7.19. The molecule has 0 saturated heterocycles. The summed E-state index contributed by atoms with van der Waals surface area (Å²) in [7, 11) is 1.27. The van der Waals surface area contributed by atoms with E-state index in [9.17, 15) is 13.6 Å². The summed E-state index contributed by atoms with van der Waals surface area (Å²) in [5.74, 6) is -2.45. The van der Waals surface area contributed by atoms with Crippen molar-refractivity contribution in [2.45, 2.75) is 33.0 Å². The van der Waals surface area contributed by atoms with Gasteiger partial charge in [0.1, 0.15) is 0 Å². The number of benzene rings is 1. The molecule has 0 aliphatic heterocycles. The quantitative estimate of drug-likeness (QED) is 0.747. The van der Waals surface area contributed by atoms with Gasteiger partial charge in [-0.25, -0.2) is 13.6 Å². The predicted molar refractivity (Wildman–Crippen MR) is 66.4 cm³/mol. The number of hydrogen-bond acceptors (Lipinski definition) is 3. The lowest BCUT2D eigenvalue weighted by molar-refractivity contribution is -0.158. The Morgan fingerprint density at radius 1 is 1.37 bits per heavy atom. The summed E-state index contributed by atoms with van der Waals surface area (Å²) in [5, 5.41) is 0. The number of hydrogen-bond donors (Lipinski definition) is 0. The summed E-state index contributed by atoms with van der Waals surface area (Å²) < 4.78 is 36.5. The summed E-state index contributed by atoms with van der Waals surface area (Å²) in [4.78, 5) is 11.6. The highest BCUT2D eigenvalue weighted by atomic mass is 19.2. The molecule has 0 bridgehead atoms. The molecule has 0 heterocycles. The second-order valence-corrected chi connectivity index (χ2v) is 4.35. The van der Waals surface area contributed by atoms with E-state index in [1.165, 1.54) is 19.2 Å². The van der Waals surface area contributed by atoms with E-state index in [2.05, 4.69) is 4.74 Å². The molecule has 106 valence electrons. The van der Waals surface area contributed by atoms with Crippen LogP contribution in [0, 0.1) is 17.6 Å². The molecular formula is C14H18F2O3. The molecule has 0 spiro atoms. The zero-order valence-electron chi connectivity index (χ0n) is 11.3. The molecule has 0 aliphatic rings. The van der Waals surface area contributed by atoms with Crippen LogP contribution in [0.25, 0.3) is 0 Å². The normalized spacial score (nSPS) is 13.9. The minimum absolute atomic E-state index is 0.0657. The Labute approximate surface area is 111 Å². The van der Waals surface area contributed by atoms with Gasteiger partial charge in [0.2, 0.25) is 0 Å². The van der Waals surface area contributed by atoms with Gasteiger partial charge in [-0.2, -0.15) is 0 Å². The smallest absolute Gasteiger partial charge is 0.335 e. The van der Waals surface area contributed by atoms with Crippen LogP contribution in [0.15, 0.2) is 18.2 Å². The summed E-state index contributed by atoms with van der Waals surface area (Å²) >= 11 is 0. The van der Waals surface area contributed by atoms with Gasteiger partial charge >= 0.3 is 5.97 Å². The van der Waals surface area contributed by atoms with Crippen molar-refractivity contribution in [3.05, 3.63) is 35.4 Å². The molecule has 1 aromatic rings. The van der Waals surface area contributed by atoms with Crippen LogP contribution in [0.2, 0.25) is 0 Å². The maximum Gasteiger partial charge on any atom is 0.335 e. The van der Waals surface area contributed by atoms with Gasteiger partial charge in [0.25, 0.3) is 0 Å².